The van der Waals surface area contributed by atoms with E-state index in [0.717, 1.165) is 57.2 Å². The summed E-state index contributed by atoms with van der Waals surface area (Å²) in [7, 11) is -3.68. The van der Waals surface area contributed by atoms with Crippen molar-refractivity contribution in [3.05, 3.63) is 28.3 Å². The van der Waals surface area contributed by atoms with E-state index in [1.54, 1.807) is 0 Å². The predicted molar refractivity (Wildman–Crippen MR) is 112 cm³/mol. The number of benzene rings is 1. The van der Waals surface area contributed by atoms with Gasteiger partial charge in [0.2, 0.25) is 10.0 Å². The van der Waals surface area contributed by atoms with Gasteiger partial charge in [-0.3, -0.25) is 4.90 Å². The number of urea groups is 1. The first kappa shape index (κ1) is 22.2. The molecule has 1 aromatic rings. The Morgan fingerprint density at radius 1 is 1.07 bits per heavy atom. The maximum atomic E-state index is 12.6. The van der Waals surface area contributed by atoms with Gasteiger partial charge in [0.05, 0.1) is 6.61 Å². The number of carbonyl (C=O) groups excluding carboxylic acids is 1. The molecular formula is C20H27KN3O4S. The summed E-state index contributed by atoms with van der Waals surface area (Å²) in [5.74, 6) is 0. The molecule has 2 fully saturated rings. The van der Waals surface area contributed by atoms with Crippen molar-refractivity contribution in [3.8, 4) is 0 Å². The molecule has 9 heteroatoms. The van der Waals surface area contributed by atoms with Crippen LogP contribution in [0, 0.1) is 0 Å². The van der Waals surface area contributed by atoms with Gasteiger partial charge >= 0.3 is 6.03 Å². The normalized spacial score (nSPS) is 23.8. The number of carbonyl (C=O) groups is 1. The van der Waals surface area contributed by atoms with Gasteiger partial charge in [-0.1, -0.05) is 6.07 Å². The molecule has 2 saturated heterocycles. The summed E-state index contributed by atoms with van der Waals surface area (Å²) in [4.78, 5) is 14.7. The van der Waals surface area contributed by atoms with Gasteiger partial charge in [0.1, 0.15) is 5.25 Å². The van der Waals surface area contributed by atoms with Gasteiger partial charge in [0.15, 0.2) is 0 Å². The van der Waals surface area contributed by atoms with E-state index in [1.807, 2.05) is 0 Å². The maximum Gasteiger partial charge on any atom is 0.332 e. The van der Waals surface area contributed by atoms with Crippen molar-refractivity contribution >= 4 is 73.1 Å². The van der Waals surface area contributed by atoms with Crippen LogP contribution in [-0.4, -0.2) is 108 Å². The predicted octanol–water partition coefficient (Wildman–Crippen LogP) is 1.21. The third-order valence-corrected chi connectivity index (χ3v) is 8.33. The van der Waals surface area contributed by atoms with Crippen molar-refractivity contribution < 1.29 is 17.9 Å². The van der Waals surface area contributed by atoms with Crippen LogP contribution in [-0.2, 0) is 40.4 Å². The Balaban J connectivity index is 0.00000205. The molecule has 0 spiro atoms. The van der Waals surface area contributed by atoms with Crippen molar-refractivity contribution in [2.45, 2.75) is 56.2 Å². The van der Waals surface area contributed by atoms with Gasteiger partial charge in [-0.2, -0.15) is 0 Å². The summed E-state index contributed by atoms with van der Waals surface area (Å²) in [5, 5.41) is 2.37. The molecule has 0 bridgehead atoms. The second-order valence-corrected chi connectivity index (χ2v) is 10.4. The molecule has 153 valence electrons. The molecule has 2 heterocycles. The number of nitrogens with zero attached hydrogens (tertiary/aromatic N) is 1. The quantitative estimate of drug-likeness (QED) is 0.682. The first-order valence-corrected chi connectivity index (χ1v) is 11.9. The van der Waals surface area contributed by atoms with E-state index in [1.165, 1.54) is 22.3 Å². The van der Waals surface area contributed by atoms with Crippen LogP contribution in [0.2, 0.25) is 0 Å². The van der Waals surface area contributed by atoms with Crippen LogP contribution in [0.15, 0.2) is 6.07 Å². The Bertz CT molecular complexity index is 877. The van der Waals surface area contributed by atoms with Crippen LogP contribution < -0.4 is 10.0 Å². The number of aryl methyl sites for hydroxylation is 2. The van der Waals surface area contributed by atoms with Crippen LogP contribution in [0.5, 0.6) is 0 Å². The van der Waals surface area contributed by atoms with E-state index >= 15 is 0 Å². The first-order valence-electron chi connectivity index (χ1n) is 10.3. The molecule has 2 N–H and O–H groups in total. The molecule has 29 heavy (non-hydrogen) atoms. The van der Waals surface area contributed by atoms with E-state index in [4.69, 9.17) is 4.74 Å². The maximum absolute atomic E-state index is 12.6. The first-order chi connectivity index (χ1) is 13.5. The summed E-state index contributed by atoms with van der Waals surface area (Å²) in [5.41, 5.74) is 5.89. The van der Waals surface area contributed by atoms with E-state index in [0.29, 0.717) is 25.7 Å². The molecule has 0 saturated carbocycles. The Hall–Kier alpha value is -0.00364. The zero-order valence-corrected chi connectivity index (χ0v) is 20.9. The number of rotatable bonds is 4. The van der Waals surface area contributed by atoms with Crippen molar-refractivity contribution in [1.29, 1.82) is 0 Å². The molecular weight excluding hydrogens is 417 g/mol. The number of hydrogen-bond donors (Lipinski definition) is 2. The fourth-order valence-corrected chi connectivity index (χ4v) is 6.34. The van der Waals surface area contributed by atoms with E-state index < -0.39 is 21.3 Å². The molecule has 1 atom stereocenters. The average Bonchev–Trinajstić information content (AvgIpc) is 3.33. The average molecular weight is 445 g/mol. The van der Waals surface area contributed by atoms with Crippen LogP contribution in [0.4, 0.5) is 10.5 Å². The third kappa shape index (κ3) is 4.34. The third-order valence-electron chi connectivity index (χ3n) is 6.68. The zero-order chi connectivity index (χ0) is 19.3. The van der Waals surface area contributed by atoms with Crippen molar-refractivity contribution in [3.63, 3.8) is 0 Å². The van der Waals surface area contributed by atoms with Gasteiger partial charge in [0, 0.05) is 82.8 Å². The molecule has 0 aromatic heterocycles. The van der Waals surface area contributed by atoms with Gasteiger partial charge in [0.25, 0.3) is 0 Å². The molecule has 2 amide bonds. The Morgan fingerprint density at radius 3 is 2.31 bits per heavy atom. The summed E-state index contributed by atoms with van der Waals surface area (Å²) in [6.45, 7) is 2.34. The number of fused-ring (bicyclic) bond motifs is 2. The number of sulfonamides is 1. The molecule has 1 unspecified atom stereocenters. The summed E-state index contributed by atoms with van der Waals surface area (Å²) in [6.07, 6.45) is 7.12. The fourth-order valence-electron chi connectivity index (χ4n) is 5.09. The SMILES string of the molecule is O=C(Nc1c2c(cc3c1CCC3)CCC2)NS(=O)(=O)C1CN(C2CCOC2)C1.[K]. The van der Waals surface area contributed by atoms with Crippen LogP contribution in [0.3, 0.4) is 0 Å². The van der Waals surface area contributed by atoms with Crippen LogP contribution >= 0.6 is 0 Å². The minimum Gasteiger partial charge on any atom is -0.380 e. The van der Waals surface area contributed by atoms with E-state index in [2.05, 4.69) is 21.0 Å². The standard InChI is InChI=1S/C20H27N3O4S.K/c24-20(22-28(25,26)16-10-23(11-16)15-7-8-27-12-15)21-19-17-5-1-3-13(17)9-14-4-2-6-18(14)19;/h9,15-16H,1-8,10-12H2,(H2,21,22,24);. The summed E-state index contributed by atoms with van der Waals surface area (Å²) in [6, 6.07) is 1.98. The van der Waals surface area contributed by atoms with Crippen LogP contribution in [0.1, 0.15) is 41.5 Å². The van der Waals surface area contributed by atoms with Crippen molar-refractivity contribution in [2.75, 3.05) is 31.6 Å². The van der Waals surface area contributed by atoms with Gasteiger partial charge < -0.3 is 10.1 Å². The van der Waals surface area contributed by atoms with Crippen LogP contribution in [0.25, 0.3) is 0 Å². The number of hydrogen-bond acceptors (Lipinski definition) is 5. The molecule has 2 aliphatic carbocycles. The molecule has 5 rings (SSSR count). The van der Waals surface area contributed by atoms with E-state index in [9.17, 15) is 13.2 Å². The number of anilines is 1. The molecule has 7 nitrogen and oxygen atoms in total. The second-order valence-electron chi connectivity index (χ2n) is 8.43. The summed E-state index contributed by atoms with van der Waals surface area (Å²) >= 11 is 0. The monoisotopic (exact) mass is 444 g/mol. The molecule has 4 aliphatic rings. The Morgan fingerprint density at radius 2 is 1.72 bits per heavy atom. The number of ether oxygens (including phenoxy) is 1. The van der Waals surface area contributed by atoms with Gasteiger partial charge in [-0.05, 0) is 67.2 Å². The molecule has 1 radical (unpaired) electrons. The smallest absolute Gasteiger partial charge is 0.332 e. The van der Waals surface area contributed by atoms with Crippen molar-refractivity contribution in [2.24, 2.45) is 0 Å². The second kappa shape index (κ2) is 8.86. The fraction of sp³-hybridized carbons (Fsp3) is 0.650. The Kier molecular flexibility index (Phi) is 6.78. The number of likely N-dealkylation sites (tertiary alicyclic amines) is 1. The molecule has 2 aliphatic heterocycles. The zero-order valence-electron chi connectivity index (χ0n) is 17.0. The van der Waals surface area contributed by atoms with E-state index in [-0.39, 0.29) is 51.4 Å². The number of nitrogens with one attached hydrogen (secondary N) is 2. The Labute approximate surface area is 214 Å². The molecule has 1 aromatic carbocycles. The van der Waals surface area contributed by atoms with Gasteiger partial charge in [-0.25, -0.2) is 17.9 Å². The van der Waals surface area contributed by atoms with Gasteiger partial charge in [-0.15, -0.1) is 0 Å². The minimum atomic E-state index is -3.68. The minimum absolute atomic E-state index is 0. The topological polar surface area (TPSA) is 87.7 Å². The number of amides is 2. The summed E-state index contributed by atoms with van der Waals surface area (Å²) < 4.78 is 32.9. The van der Waals surface area contributed by atoms with Crippen molar-refractivity contribution in [1.82, 2.24) is 9.62 Å². The largest absolute Gasteiger partial charge is 0.380 e.